The predicted octanol–water partition coefficient (Wildman–Crippen LogP) is 6.06. The van der Waals surface area contributed by atoms with E-state index in [0.717, 1.165) is 25.7 Å². The highest BCUT2D eigenvalue weighted by Gasteiger charge is 2.30. The normalized spacial score (nSPS) is 15.3. The van der Waals surface area contributed by atoms with Crippen LogP contribution in [0.5, 0.6) is 0 Å². The fraction of sp³-hybridized carbons (Fsp3) is 0.955. The maximum absolute atomic E-state index is 11.6. The molecule has 3 N–H and O–H groups in total. The van der Waals surface area contributed by atoms with E-state index in [2.05, 4.69) is 12.2 Å². The monoisotopic (exact) mass is 352 g/mol. The minimum absolute atomic E-state index is 0.130. The van der Waals surface area contributed by atoms with Gasteiger partial charge in [0.05, 0.1) is 6.17 Å². The van der Waals surface area contributed by atoms with Gasteiger partial charge < -0.3 is 11.1 Å². The molecule has 1 rings (SSSR count). The van der Waals surface area contributed by atoms with E-state index in [1.807, 2.05) is 0 Å². The highest BCUT2D eigenvalue weighted by atomic mass is 16.2. The van der Waals surface area contributed by atoms with Crippen molar-refractivity contribution >= 4 is 5.91 Å². The molecule has 3 heteroatoms. The van der Waals surface area contributed by atoms with E-state index < -0.39 is 0 Å². The van der Waals surface area contributed by atoms with E-state index in [1.165, 1.54) is 89.9 Å². The molecule has 0 aromatic rings. The van der Waals surface area contributed by atoms with Crippen molar-refractivity contribution in [2.24, 2.45) is 11.7 Å². The lowest BCUT2D eigenvalue weighted by atomic mass is 10.0. The van der Waals surface area contributed by atoms with E-state index in [4.69, 9.17) is 5.73 Å². The van der Waals surface area contributed by atoms with Gasteiger partial charge in [-0.15, -0.1) is 0 Å². The van der Waals surface area contributed by atoms with Crippen LogP contribution < -0.4 is 11.1 Å². The van der Waals surface area contributed by atoms with Gasteiger partial charge in [-0.2, -0.15) is 0 Å². The summed E-state index contributed by atoms with van der Waals surface area (Å²) >= 11 is 0. The molecule has 1 aliphatic rings. The largest absolute Gasteiger partial charge is 0.341 e. The van der Waals surface area contributed by atoms with E-state index >= 15 is 0 Å². The summed E-state index contributed by atoms with van der Waals surface area (Å²) in [5.41, 5.74) is 5.96. The standard InChI is InChI=1S/C22H44N2O/c1-2-3-4-5-6-7-8-9-10-11-12-13-14-15-16-17-21(23)24-22(25)20-18-19-20/h20-21H,2-19,23H2,1H3,(H,24,25). The first-order valence-corrected chi connectivity index (χ1v) is 11.3. The Labute approximate surface area is 156 Å². The van der Waals surface area contributed by atoms with Crippen molar-refractivity contribution in [1.82, 2.24) is 5.32 Å². The third kappa shape index (κ3) is 14.3. The van der Waals surface area contributed by atoms with Crippen LogP contribution in [0, 0.1) is 5.92 Å². The van der Waals surface area contributed by atoms with Gasteiger partial charge in [0.2, 0.25) is 5.91 Å². The Hall–Kier alpha value is -0.570. The van der Waals surface area contributed by atoms with Crippen molar-refractivity contribution in [3.05, 3.63) is 0 Å². The van der Waals surface area contributed by atoms with Crippen molar-refractivity contribution in [3.63, 3.8) is 0 Å². The number of amides is 1. The van der Waals surface area contributed by atoms with Crippen molar-refractivity contribution in [2.75, 3.05) is 0 Å². The third-order valence-corrected chi connectivity index (χ3v) is 5.39. The molecule has 0 aromatic carbocycles. The second-order valence-electron chi connectivity index (χ2n) is 8.13. The van der Waals surface area contributed by atoms with E-state index in [-0.39, 0.29) is 18.0 Å². The molecule has 1 saturated carbocycles. The summed E-state index contributed by atoms with van der Waals surface area (Å²) in [7, 11) is 0. The smallest absolute Gasteiger partial charge is 0.224 e. The Morgan fingerprint density at radius 1 is 0.800 bits per heavy atom. The SMILES string of the molecule is CCCCCCCCCCCCCCCCCC(N)NC(=O)C1CC1. The van der Waals surface area contributed by atoms with Gasteiger partial charge in [0.25, 0.3) is 0 Å². The number of nitrogens with one attached hydrogen (secondary N) is 1. The number of hydrogen-bond acceptors (Lipinski definition) is 2. The van der Waals surface area contributed by atoms with Gasteiger partial charge >= 0.3 is 0 Å². The lowest BCUT2D eigenvalue weighted by Gasteiger charge is -2.13. The number of nitrogens with two attached hydrogens (primary N) is 1. The predicted molar refractivity (Wildman–Crippen MR) is 108 cm³/mol. The van der Waals surface area contributed by atoms with Crippen LogP contribution in [0.4, 0.5) is 0 Å². The van der Waals surface area contributed by atoms with E-state index in [1.54, 1.807) is 0 Å². The Bertz CT molecular complexity index is 315. The van der Waals surface area contributed by atoms with Gasteiger partial charge in [-0.05, 0) is 19.3 Å². The number of unbranched alkanes of at least 4 members (excludes halogenated alkanes) is 14. The number of carbonyl (C=O) groups excluding carboxylic acids is 1. The van der Waals surface area contributed by atoms with Crippen molar-refractivity contribution in [2.45, 2.75) is 129 Å². The van der Waals surface area contributed by atoms with Gasteiger partial charge in [-0.25, -0.2) is 0 Å². The molecule has 0 bridgehead atoms. The molecular weight excluding hydrogens is 308 g/mol. The third-order valence-electron chi connectivity index (χ3n) is 5.39. The Kier molecular flexibility index (Phi) is 14.1. The summed E-state index contributed by atoms with van der Waals surface area (Å²) in [6.07, 6.45) is 23.6. The molecule has 25 heavy (non-hydrogen) atoms. The molecule has 148 valence electrons. The minimum atomic E-state index is -0.130. The molecule has 3 nitrogen and oxygen atoms in total. The Morgan fingerprint density at radius 3 is 1.60 bits per heavy atom. The zero-order valence-corrected chi connectivity index (χ0v) is 16.9. The van der Waals surface area contributed by atoms with Crippen LogP contribution in [0.3, 0.4) is 0 Å². The molecule has 0 saturated heterocycles. The second kappa shape index (κ2) is 15.7. The topological polar surface area (TPSA) is 55.1 Å². The summed E-state index contributed by atoms with van der Waals surface area (Å²) < 4.78 is 0. The maximum atomic E-state index is 11.6. The second-order valence-corrected chi connectivity index (χ2v) is 8.13. The van der Waals surface area contributed by atoms with Crippen LogP contribution in [0.15, 0.2) is 0 Å². The van der Waals surface area contributed by atoms with Gasteiger partial charge in [0.1, 0.15) is 0 Å². The molecule has 0 radical (unpaired) electrons. The molecule has 1 fully saturated rings. The van der Waals surface area contributed by atoms with Gasteiger partial charge in [0, 0.05) is 5.92 Å². The average molecular weight is 353 g/mol. The summed E-state index contributed by atoms with van der Waals surface area (Å²) in [5, 5.41) is 2.93. The number of hydrogen-bond donors (Lipinski definition) is 2. The molecule has 0 spiro atoms. The van der Waals surface area contributed by atoms with Crippen LogP contribution in [0.2, 0.25) is 0 Å². The van der Waals surface area contributed by atoms with Crippen LogP contribution in [0.1, 0.15) is 122 Å². The van der Waals surface area contributed by atoms with Crippen LogP contribution in [-0.4, -0.2) is 12.1 Å². The van der Waals surface area contributed by atoms with Crippen molar-refractivity contribution < 1.29 is 4.79 Å². The summed E-state index contributed by atoms with van der Waals surface area (Å²) in [4.78, 5) is 11.6. The molecule has 0 heterocycles. The molecule has 1 aliphatic carbocycles. The first-order chi connectivity index (χ1) is 12.2. The molecule has 0 aromatic heterocycles. The van der Waals surface area contributed by atoms with E-state index in [0.29, 0.717) is 0 Å². The molecule has 1 unspecified atom stereocenters. The molecule has 1 atom stereocenters. The van der Waals surface area contributed by atoms with Crippen molar-refractivity contribution in [3.8, 4) is 0 Å². The number of rotatable bonds is 18. The maximum Gasteiger partial charge on any atom is 0.224 e. The van der Waals surface area contributed by atoms with Gasteiger partial charge in [0.15, 0.2) is 0 Å². The first kappa shape index (κ1) is 22.5. The summed E-state index contributed by atoms with van der Waals surface area (Å²) in [6.45, 7) is 2.28. The van der Waals surface area contributed by atoms with E-state index in [9.17, 15) is 4.79 Å². The Morgan fingerprint density at radius 2 is 1.20 bits per heavy atom. The fourth-order valence-electron chi connectivity index (χ4n) is 3.45. The minimum Gasteiger partial charge on any atom is -0.341 e. The average Bonchev–Trinajstić information content (AvgIpc) is 3.43. The quantitative estimate of drug-likeness (QED) is 0.233. The fourth-order valence-corrected chi connectivity index (χ4v) is 3.45. The van der Waals surface area contributed by atoms with Crippen molar-refractivity contribution in [1.29, 1.82) is 0 Å². The first-order valence-electron chi connectivity index (χ1n) is 11.3. The molecule has 0 aliphatic heterocycles. The van der Waals surface area contributed by atoms with Gasteiger partial charge in [-0.1, -0.05) is 103 Å². The van der Waals surface area contributed by atoms with Gasteiger partial charge in [-0.3, -0.25) is 4.79 Å². The highest BCUT2D eigenvalue weighted by molar-refractivity contribution is 5.81. The lowest BCUT2D eigenvalue weighted by Crippen LogP contribution is -2.42. The van der Waals surface area contributed by atoms with Crippen LogP contribution in [0.25, 0.3) is 0 Å². The van der Waals surface area contributed by atoms with Crippen LogP contribution >= 0.6 is 0 Å². The zero-order valence-electron chi connectivity index (χ0n) is 16.9. The molecular formula is C22H44N2O. The summed E-state index contributed by atoms with van der Waals surface area (Å²) in [6, 6.07) is 0. The zero-order chi connectivity index (χ0) is 18.2. The lowest BCUT2D eigenvalue weighted by molar-refractivity contribution is -0.123. The number of carbonyl (C=O) groups is 1. The highest BCUT2D eigenvalue weighted by Crippen LogP contribution is 2.28. The summed E-state index contributed by atoms with van der Waals surface area (Å²) in [5.74, 6) is 0.445. The van der Waals surface area contributed by atoms with Crippen LogP contribution in [-0.2, 0) is 4.79 Å². The molecule has 1 amide bonds. The Balaban J connectivity index is 1.71.